The third-order valence-electron chi connectivity index (χ3n) is 3.78. The molecule has 2 atom stereocenters. The number of carbonyl (C=O) groups is 2. The molecule has 24 heavy (non-hydrogen) atoms. The maximum atomic E-state index is 12.1. The van der Waals surface area contributed by atoms with Crippen molar-refractivity contribution in [1.82, 2.24) is 10.3 Å². The van der Waals surface area contributed by atoms with Gasteiger partial charge in [-0.3, -0.25) is 4.79 Å². The molecule has 7 heteroatoms. The van der Waals surface area contributed by atoms with Gasteiger partial charge in [0, 0.05) is 10.6 Å². The molecule has 2 N–H and O–H groups in total. The van der Waals surface area contributed by atoms with E-state index in [1.54, 1.807) is 31.2 Å². The number of nitrogens with zero attached hydrogens (tertiary/aromatic N) is 1. The van der Waals surface area contributed by atoms with Gasteiger partial charge < -0.3 is 14.8 Å². The Hall–Kier alpha value is -2.34. The molecule has 0 unspecified atom stereocenters. The number of rotatable bonds is 7. The fraction of sp³-hybridized carbons (Fsp3) is 0.353. The largest absolute Gasteiger partial charge is 0.480 e. The fourth-order valence-electron chi connectivity index (χ4n) is 2.19. The van der Waals surface area contributed by atoms with E-state index in [0.29, 0.717) is 23.0 Å². The van der Waals surface area contributed by atoms with Gasteiger partial charge in [0.05, 0.1) is 12.1 Å². The number of hydrogen-bond donors (Lipinski definition) is 2. The van der Waals surface area contributed by atoms with Crippen molar-refractivity contribution in [2.24, 2.45) is 5.92 Å². The summed E-state index contributed by atoms with van der Waals surface area (Å²) in [6, 6.07) is 6.06. The Bertz CT molecular complexity index is 712. The van der Waals surface area contributed by atoms with Gasteiger partial charge in [0.2, 0.25) is 11.8 Å². The summed E-state index contributed by atoms with van der Waals surface area (Å²) >= 11 is 5.83. The summed E-state index contributed by atoms with van der Waals surface area (Å²) in [6.45, 7) is 3.66. The van der Waals surface area contributed by atoms with Gasteiger partial charge in [-0.15, -0.1) is 0 Å². The summed E-state index contributed by atoms with van der Waals surface area (Å²) in [5.74, 6) is -1.22. The third kappa shape index (κ3) is 4.58. The zero-order valence-electron chi connectivity index (χ0n) is 13.5. The molecular formula is C17H19ClN2O4. The fourth-order valence-corrected chi connectivity index (χ4v) is 2.31. The Kier molecular flexibility index (Phi) is 5.98. The lowest BCUT2D eigenvalue weighted by atomic mass is 9.99. The Labute approximate surface area is 144 Å². The number of aromatic nitrogens is 1. The summed E-state index contributed by atoms with van der Waals surface area (Å²) in [5, 5.41) is 12.3. The molecule has 128 valence electrons. The highest BCUT2D eigenvalue weighted by molar-refractivity contribution is 6.30. The molecule has 0 aliphatic rings. The number of carboxylic acids is 1. The van der Waals surface area contributed by atoms with E-state index in [9.17, 15) is 14.7 Å². The highest BCUT2D eigenvalue weighted by Gasteiger charge is 2.25. The Balaban J connectivity index is 2.02. The first-order valence-corrected chi connectivity index (χ1v) is 8.01. The van der Waals surface area contributed by atoms with Gasteiger partial charge in [0.1, 0.15) is 12.3 Å². The van der Waals surface area contributed by atoms with Gasteiger partial charge in [-0.05, 0) is 30.2 Å². The average molecular weight is 351 g/mol. The molecular weight excluding hydrogens is 332 g/mol. The Morgan fingerprint density at radius 3 is 2.58 bits per heavy atom. The summed E-state index contributed by atoms with van der Waals surface area (Å²) in [7, 11) is 0. The van der Waals surface area contributed by atoms with Crippen molar-refractivity contribution >= 4 is 23.5 Å². The second kappa shape index (κ2) is 7.97. The van der Waals surface area contributed by atoms with E-state index >= 15 is 0 Å². The van der Waals surface area contributed by atoms with Crippen LogP contribution in [0.4, 0.5) is 0 Å². The maximum Gasteiger partial charge on any atom is 0.326 e. The first kappa shape index (κ1) is 18.0. The van der Waals surface area contributed by atoms with Crippen LogP contribution in [0.1, 0.15) is 26.0 Å². The smallest absolute Gasteiger partial charge is 0.326 e. The standard InChI is InChI=1S/C17H19ClN2O4/c1-3-10(2)15(17(22)23)20-14(21)8-13-9-24-16(19-13)11-4-6-12(18)7-5-11/h4-7,9-10,15H,3,8H2,1-2H3,(H,20,21)(H,22,23)/t10-,15-/m0/s1. The molecule has 6 nitrogen and oxygen atoms in total. The van der Waals surface area contributed by atoms with E-state index in [2.05, 4.69) is 10.3 Å². The lowest BCUT2D eigenvalue weighted by Crippen LogP contribution is -2.45. The van der Waals surface area contributed by atoms with Crippen LogP contribution in [0.5, 0.6) is 0 Å². The number of amides is 1. The third-order valence-corrected chi connectivity index (χ3v) is 4.03. The molecule has 1 aromatic carbocycles. The van der Waals surface area contributed by atoms with E-state index in [0.717, 1.165) is 5.56 Å². The monoisotopic (exact) mass is 350 g/mol. The van der Waals surface area contributed by atoms with Gasteiger partial charge in [0.15, 0.2) is 0 Å². The summed E-state index contributed by atoms with van der Waals surface area (Å²) in [6.07, 6.45) is 2.00. The van der Waals surface area contributed by atoms with Crippen molar-refractivity contribution < 1.29 is 19.1 Å². The minimum atomic E-state index is -1.04. The highest BCUT2D eigenvalue weighted by atomic mass is 35.5. The van der Waals surface area contributed by atoms with Crippen molar-refractivity contribution in [3.63, 3.8) is 0 Å². The first-order chi connectivity index (χ1) is 11.4. The molecule has 0 radical (unpaired) electrons. The first-order valence-electron chi connectivity index (χ1n) is 7.63. The van der Waals surface area contributed by atoms with Crippen molar-refractivity contribution in [1.29, 1.82) is 0 Å². The van der Waals surface area contributed by atoms with E-state index in [1.807, 2.05) is 6.92 Å². The van der Waals surface area contributed by atoms with E-state index in [4.69, 9.17) is 16.0 Å². The second-order valence-corrected chi connectivity index (χ2v) is 6.03. The normalized spacial score (nSPS) is 13.3. The van der Waals surface area contributed by atoms with E-state index in [-0.39, 0.29) is 12.3 Å². The van der Waals surface area contributed by atoms with Crippen LogP contribution in [0.25, 0.3) is 11.5 Å². The molecule has 0 aliphatic carbocycles. The molecule has 0 saturated carbocycles. The molecule has 0 saturated heterocycles. The summed E-state index contributed by atoms with van der Waals surface area (Å²) in [5.41, 5.74) is 1.18. The number of carbonyl (C=O) groups excluding carboxylic acids is 1. The summed E-state index contributed by atoms with van der Waals surface area (Å²) in [4.78, 5) is 27.6. The molecule has 1 heterocycles. The Morgan fingerprint density at radius 1 is 1.33 bits per heavy atom. The van der Waals surface area contributed by atoms with Gasteiger partial charge in [-0.25, -0.2) is 9.78 Å². The minimum Gasteiger partial charge on any atom is -0.480 e. The van der Waals surface area contributed by atoms with Crippen LogP contribution in [0, 0.1) is 5.92 Å². The van der Waals surface area contributed by atoms with E-state index < -0.39 is 17.9 Å². The quantitative estimate of drug-likeness (QED) is 0.800. The van der Waals surface area contributed by atoms with Crippen LogP contribution in [0.15, 0.2) is 34.9 Å². The molecule has 1 amide bonds. The highest BCUT2D eigenvalue weighted by Crippen LogP contribution is 2.21. The lowest BCUT2D eigenvalue weighted by molar-refractivity contribution is -0.143. The molecule has 1 aromatic heterocycles. The molecule has 2 aromatic rings. The van der Waals surface area contributed by atoms with Crippen LogP contribution in [0.3, 0.4) is 0 Å². The Morgan fingerprint density at radius 2 is 2.00 bits per heavy atom. The molecule has 2 rings (SSSR count). The van der Waals surface area contributed by atoms with Crippen LogP contribution < -0.4 is 5.32 Å². The lowest BCUT2D eigenvalue weighted by Gasteiger charge is -2.19. The van der Waals surface area contributed by atoms with Gasteiger partial charge in [-0.2, -0.15) is 0 Å². The summed E-state index contributed by atoms with van der Waals surface area (Å²) < 4.78 is 5.36. The number of oxazole rings is 1. The van der Waals surface area contributed by atoms with E-state index in [1.165, 1.54) is 6.26 Å². The minimum absolute atomic E-state index is 0.0443. The van der Waals surface area contributed by atoms with Crippen molar-refractivity contribution in [2.75, 3.05) is 0 Å². The number of carboxylic acid groups (broad SMARTS) is 1. The van der Waals surface area contributed by atoms with Gasteiger partial charge in [0.25, 0.3) is 0 Å². The van der Waals surface area contributed by atoms with Gasteiger partial charge in [-0.1, -0.05) is 31.9 Å². The maximum absolute atomic E-state index is 12.1. The van der Waals surface area contributed by atoms with Crippen molar-refractivity contribution in [3.05, 3.63) is 41.2 Å². The van der Waals surface area contributed by atoms with Crippen molar-refractivity contribution in [3.8, 4) is 11.5 Å². The van der Waals surface area contributed by atoms with Crippen LogP contribution in [-0.4, -0.2) is 28.0 Å². The average Bonchev–Trinajstić information content (AvgIpc) is 3.00. The second-order valence-electron chi connectivity index (χ2n) is 5.60. The van der Waals surface area contributed by atoms with Crippen LogP contribution in [0.2, 0.25) is 5.02 Å². The van der Waals surface area contributed by atoms with Crippen LogP contribution >= 0.6 is 11.6 Å². The number of benzene rings is 1. The SMILES string of the molecule is CC[C@H](C)[C@H](NC(=O)Cc1coc(-c2ccc(Cl)cc2)n1)C(=O)O. The number of hydrogen-bond acceptors (Lipinski definition) is 4. The molecule has 0 bridgehead atoms. The zero-order valence-corrected chi connectivity index (χ0v) is 14.2. The molecule has 0 spiro atoms. The molecule has 0 fully saturated rings. The molecule has 0 aliphatic heterocycles. The number of nitrogens with one attached hydrogen (secondary N) is 1. The zero-order chi connectivity index (χ0) is 17.7. The number of aliphatic carboxylic acids is 1. The van der Waals surface area contributed by atoms with Crippen molar-refractivity contribution in [2.45, 2.75) is 32.7 Å². The number of halogens is 1. The van der Waals surface area contributed by atoms with Gasteiger partial charge >= 0.3 is 5.97 Å². The topological polar surface area (TPSA) is 92.4 Å². The predicted octanol–water partition coefficient (Wildman–Crippen LogP) is 3.15. The predicted molar refractivity (Wildman–Crippen MR) is 89.7 cm³/mol. The van der Waals surface area contributed by atoms with Crippen LogP contribution in [-0.2, 0) is 16.0 Å².